The summed E-state index contributed by atoms with van der Waals surface area (Å²) in [6.07, 6.45) is 7.31. The Labute approximate surface area is 352 Å². The van der Waals surface area contributed by atoms with Crippen molar-refractivity contribution in [3.8, 4) is 0 Å². The Morgan fingerprint density at radius 1 is 0.550 bits per heavy atom. The number of carbonyl (C=O) groups is 6. The van der Waals surface area contributed by atoms with Gasteiger partial charge in [0.25, 0.3) is 0 Å². The molecule has 0 aliphatic carbocycles. The van der Waals surface area contributed by atoms with Crippen LogP contribution < -0.4 is 5.73 Å². The zero-order valence-corrected chi connectivity index (χ0v) is 35.7. The van der Waals surface area contributed by atoms with Gasteiger partial charge in [0.2, 0.25) is 0 Å². The fourth-order valence-electron chi connectivity index (χ4n) is 9.75. The number of piperidine rings is 2. The molecule has 316 valence electrons. The largest absolute Gasteiger partial charge is 0.333 e. The molecular weight excluding hydrogens is 761 g/mol. The van der Waals surface area contributed by atoms with Crippen molar-refractivity contribution in [2.45, 2.75) is 64.7 Å². The minimum absolute atomic E-state index is 0.217. The normalized spacial score (nSPS) is 28.4. The Hall–Kier alpha value is -5.54. The van der Waals surface area contributed by atoms with Gasteiger partial charge >= 0.3 is 0 Å². The molecule has 8 unspecified atom stereocenters. The lowest BCUT2D eigenvalue weighted by Crippen LogP contribution is -2.67. The van der Waals surface area contributed by atoms with Crippen molar-refractivity contribution in [2.75, 3.05) is 41.3 Å². The molecular formula is C46H56N8O6. The quantitative estimate of drug-likeness (QED) is 0.246. The molecule has 7 heterocycles. The molecule has 60 heavy (non-hydrogen) atoms. The van der Waals surface area contributed by atoms with Crippen LogP contribution in [-0.2, 0) is 28.8 Å². The van der Waals surface area contributed by atoms with Crippen LogP contribution in [0.1, 0.15) is 87.5 Å². The van der Waals surface area contributed by atoms with Gasteiger partial charge in [-0.25, -0.2) is 0 Å². The molecule has 0 saturated carbocycles. The zero-order valence-electron chi connectivity index (χ0n) is 35.7. The van der Waals surface area contributed by atoms with Crippen LogP contribution in [0.3, 0.4) is 0 Å². The molecule has 2 bridgehead atoms. The predicted molar refractivity (Wildman–Crippen MR) is 225 cm³/mol. The van der Waals surface area contributed by atoms with E-state index >= 15 is 0 Å². The van der Waals surface area contributed by atoms with E-state index in [-0.39, 0.29) is 34.7 Å². The maximum atomic E-state index is 14.6. The smallest absolute Gasteiger partial charge is 0.163 e. The van der Waals surface area contributed by atoms with Gasteiger partial charge in [-0.2, -0.15) is 0 Å². The van der Waals surface area contributed by atoms with Gasteiger partial charge in [-0.3, -0.25) is 58.5 Å². The van der Waals surface area contributed by atoms with Crippen molar-refractivity contribution in [1.29, 1.82) is 0 Å². The van der Waals surface area contributed by atoms with E-state index in [2.05, 4.69) is 30.6 Å². The molecule has 7 rings (SSSR count). The maximum absolute atomic E-state index is 14.6. The van der Waals surface area contributed by atoms with Crippen LogP contribution in [0.15, 0.2) is 97.6 Å². The molecule has 14 nitrogen and oxygen atoms in total. The van der Waals surface area contributed by atoms with E-state index in [1.165, 1.54) is 34.7 Å². The van der Waals surface area contributed by atoms with E-state index < -0.39 is 46.8 Å². The number of ketones is 6. The van der Waals surface area contributed by atoms with Gasteiger partial charge in [-0.15, -0.1) is 0 Å². The van der Waals surface area contributed by atoms with Crippen LogP contribution in [-0.4, -0.2) is 111 Å². The minimum atomic E-state index is -1.37. The average Bonchev–Trinajstić information content (AvgIpc) is 3.25. The van der Waals surface area contributed by atoms with Crippen molar-refractivity contribution < 1.29 is 28.8 Å². The summed E-state index contributed by atoms with van der Waals surface area (Å²) in [4.78, 5) is 103. The van der Waals surface area contributed by atoms with Crippen LogP contribution in [0.4, 0.5) is 0 Å². The number of fused-ring (bicyclic) bond motifs is 2. The van der Waals surface area contributed by atoms with E-state index in [1.807, 2.05) is 79.5 Å². The number of hydrogen-bond donors (Lipinski definition) is 1. The number of carbonyl (C=O) groups excluding carboxylic acids is 6. The fraction of sp³-hybridized carbons (Fsp3) is 0.435. The lowest BCUT2D eigenvalue weighted by atomic mass is 9.52. The molecule has 2 N–H and O–H groups in total. The second-order valence-electron chi connectivity index (χ2n) is 15.8. The SMILES string of the molecule is CC(=O)C12CCN(C)CCC(C(C)=O)(C1=O)C(c1ccccn1)N(C)C2c1ccccn1.CC(=O)C1C(=O)C(C(C)=O)C(c2ccccn2)N(C)C1c1ccccn1.CN. The first-order valence-corrected chi connectivity index (χ1v) is 20.2. The van der Waals surface area contributed by atoms with E-state index in [4.69, 9.17) is 0 Å². The molecule has 3 fully saturated rings. The Morgan fingerprint density at radius 2 is 0.883 bits per heavy atom. The number of pyridine rings is 4. The van der Waals surface area contributed by atoms with Crippen molar-refractivity contribution in [3.63, 3.8) is 0 Å². The number of nitrogens with zero attached hydrogens (tertiary/aromatic N) is 7. The fourth-order valence-corrected chi connectivity index (χ4v) is 9.75. The molecule has 14 heteroatoms. The Balaban J connectivity index is 0.000000223. The number of nitrogens with two attached hydrogens (primary N) is 1. The summed E-state index contributed by atoms with van der Waals surface area (Å²) in [6.45, 7) is 6.93. The molecule has 0 aromatic carbocycles. The third-order valence-corrected chi connectivity index (χ3v) is 12.5. The predicted octanol–water partition coefficient (Wildman–Crippen LogP) is 4.41. The average molecular weight is 817 g/mol. The van der Waals surface area contributed by atoms with Crippen molar-refractivity contribution in [3.05, 3.63) is 120 Å². The van der Waals surface area contributed by atoms with Crippen LogP contribution in [0.2, 0.25) is 0 Å². The zero-order chi connectivity index (χ0) is 43.9. The molecule has 3 aliphatic rings. The van der Waals surface area contributed by atoms with E-state index in [0.29, 0.717) is 48.7 Å². The number of hydrogen-bond acceptors (Lipinski definition) is 14. The van der Waals surface area contributed by atoms with Crippen LogP contribution in [0.25, 0.3) is 0 Å². The summed E-state index contributed by atoms with van der Waals surface area (Å²) in [5, 5.41) is 0. The first-order chi connectivity index (χ1) is 28.7. The number of aromatic nitrogens is 4. The van der Waals surface area contributed by atoms with Gasteiger partial charge in [0.15, 0.2) is 11.6 Å². The number of Topliss-reactive ketones (excluding diaryl/α,β-unsaturated/α-hetero) is 6. The lowest BCUT2D eigenvalue weighted by molar-refractivity contribution is -0.177. The third kappa shape index (κ3) is 8.16. The third-order valence-electron chi connectivity index (χ3n) is 12.5. The van der Waals surface area contributed by atoms with E-state index in [1.54, 1.807) is 49.1 Å². The van der Waals surface area contributed by atoms with Crippen molar-refractivity contribution in [2.24, 2.45) is 28.4 Å². The molecule has 0 spiro atoms. The van der Waals surface area contributed by atoms with Gasteiger partial charge in [0, 0.05) is 24.8 Å². The van der Waals surface area contributed by atoms with Crippen molar-refractivity contribution >= 4 is 34.7 Å². The highest BCUT2D eigenvalue weighted by Gasteiger charge is 2.69. The standard InChI is InChI=1S/C25H30N4O3.C20H21N3O3.CH5N/c1-17(30)24-11-15-28(3)16-12-25(18(2)31,23(24)32)22(20-10-6-8-14-27-20)29(4)21(24)19-9-5-7-13-26-19;1-12(24)16-18(14-8-4-6-10-21-14)23(3)19(15-9-5-7-11-22-15)17(13(2)25)20(16)26;1-2/h5-10,13-14,21-22H,11-12,15-16H2,1-4H3;4-11,16-19H,1-3H3;2H2,1H3. The molecule has 4 aromatic rings. The molecule has 3 saturated heterocycles. The first-order valence-electron chi connectivity index (χ1n) is 20.2. The molecule has 4 aromatic heterocycles. The van der Waals surface area contributed by atoms with Crippen LogP contribution in [0, 0.1) is 22.7 Å². The summed E-state index contributed by atoms with van der Waals surface area (Å²) in [6, 6.07) is 19.6. The molecule has 3 aliphatic heterocycles. The number of rotatable bonds is 8. The van der Waals surface area contributed by atoms with Gasteiger partial charge in [0.1, 0.15) is 34.0 Å². The summed E-state index contributed by atoms with van der Waals surface area (Å²) < 4.78 is 0. The second kappa shape index (κ2) is 19.2. The van der Waals surface area contributed by atoms with Gasteiger partial charge in [0.05, 0.1) is 58.8 Å². The second-order valence-corrected chi connectivity index (χ2v) is 15.8. The van der Waals surface area contributed by atoms with E-state index in [0.717, 1.165) is 0 Å². The van der Waals surface area contributed by atoms with E-state index in [9.17, 15) is 28.8 Å². The Bertz CT molecular complexity index is 2010. The highest BCUT2D eigenvalue weighted by molar-refractivity contribution is 6.19. The molecule has 8 atom stereocenters. The first kappa shape index (κ1) is 45.5. The topological polar surface area (TPSA) is 190 Å². The molecule has 0 radical (unpaired) electrons. The van der Waals surface area contributed by atoms with Crippen molar-refractivity contribution in [1.82, 2.24) is 34.6 Å². The van der Waals surface area contributed by atoms with Crippen LogP contribution in [0.5, 0.6) is 0 Å². The minimum Gasteiger partial charge on any atom is -0.333 e. The summed E-state index contributed by atoms with van der Waals surface area (Å²) in [5.74, 6) is -3.44. The Morgan fingerprint density at radius 3 is 1.17 bits per heavy atom. The highest BCUT2D eigenvalue weighted by Crippen LogP contribution is 2.60. The number of likely N-dealkylation sites (tertiary alicyclic amines) is 3. The Kier molecular flexibility index (Phi) is 14.6. The van der Waals surface area contributed by atoms with Gasteiger partial charge in [-0.05, 0) is 130 Å². The molecule has 0 amide bonds. The summed E-state index contributed by atoms with van der Waals surface area (Å²) in [5.41, 5.74) is 4.33. The summed E-state index contributed by atoms with van der Waals surface area (Å²) >= 11 is 0. The lowest BCUT2D eigenvalue weighted by Gasteiger charge is -2.58. The van der Waals surface area contributed by atoms with Gasteiger partial charge in [-0.1, -0.05) is 24.3 Å². The van der Waals surface area contributed by atoms with Crippen LogP contribution >= 0.6 is 0 Å². The monoisotopic (exact) mass is 816 g/mol. The highest BCUT2D eigenvalue weighted by atomic mass is 16.2. The summed E-state index contributed by atoms with van der Waals surface area (Å²) in [7, 11) is 7.19. The van der Waals surface area contributed by atoms with Gasteiger partial charge < -0.3 is 10.6 Å². The maximum Gasteiger partial charge on any atom is 0.163 e.